The lowest BCUT2D eigenvalue weighted by Crippen LogP contribution is -2.26. The van der Waals surface area contributed by atoms with Gasteiger partial charge in [0.15, 0.2) is 0 Å². The van der Waals surface area contributed by atoms with Crippen LogP contribution in [0.4, 0.5) is 5.69 Å². The van der Waals surface area contributed by atoms with Crippen LogP contribution in [0.2, 0.25) is 0 Å². The summed E-state index contributed by atoms with van der Waals surface area (Å²) in [6.45, 7) is 1.30. The SMILES string of the molecule is CC(C(=O)O)C(=O)Nc1ccc2[nH]c(=O)[nH]c2c1. The normalized spacial score (nSPS) is 12.3. The van der Waals surface area contributed by atoms with Crippen LogP contribution in [-0.2, 0) is 9.59 Å². The largest absolute Gasteiger partial charge is 0.481 e. The summed E-state index contributed by atoms with van der Waals surface area (Å²) < 4.78 is 0. The topological polar surface area (TPSA) is 115 Å². The first-order valence-electron chi connectivity index (χ1n) is 5.23. The highest BCUT2D eigenvalue weighted by atomic mass is 16.4. The van der Waals surface area contributed by atoms with Gasteiger partial charge in [-0.25, -0.2) is 4.79 Å². The monoisotopic (exact) mass is 249 g/mol. The first-order chi connectivity index (χ1) is 8.47. The van der Waals surface area contributed by atoms with Crippen molar-refractivity contribution in [2.45, 2.75) is 6.92 Å². The van der Waals surface area contributed by atoms with Gasteiger partial charge in [0.2, 0.25) is 5.91 Å². The Bertz CT molecular complexity index is 670. The number of benzene rings is 1. The van der Waals surface area contributed by atoms with Crippen molar-refractivity contribution in [1.29, 1.82) is 0 Å². The Hall–Kier alpha value is -2.57. The number of fused-ring (bicyclic) bond motifs is 1. The molecule has 0 saturated heterocycles. The number of nitrogens with one attached hydrogen (secondary N) is 3. The number of imidazole rings is 1. The second-order valence-corrected chi connectivity index (χ2v) is 3.89. The molecule has 0 spiro atoms. The van der Waals surface area contributed by atoms with E-state index in [2.05, 4.69) is 15.3 Å². The average Bonchev–Trinajstić information content (AvgIpc) is 2.67. The number of amides is 1. The van der Waals surface area contributed by atoms with E-state index in [1.54, 1.807) is 18.2 Å². The van der Waals surface area contributed by atoms with Gasteiger partial charge < -0.3 is 20.4 Å². The van der Waals surface area contributed by atoms with Gasteiger partial charge in [-0.2, -0.15) is 0 Å². The third-order valence-corrected chi connectivity index (χ3v) is 2.55. The minimum absolute atomic E-state index is 0.340. The number of carbonyl (C=O) groups excluding carboxylic acids is 1. The van der Waals surface area contributed by atoms with Gasteiger partial charge in [0.1, 0.15) is 5.92 Å². The van der Waals surface area contributed by atoms with E-state index in [4.69, 9.17) is 5.11 Å². The average molecular weight is 249 g/mol. The van der Waals surface area contributed by atoms with Crippen molar-refractivity contribution in [2.75, 3.05) is 5.32 Å². The fourth-order valence-corrected chi connectivity index (χ4v) is 1.47. The van der Waals surface area contributed by atoms with Crippen LogP contribution in [0, 0.1) is 5.92 Å². The molecule has 0 aliphatic carbocycles. The maximum absolute atomic E-state index is 11.5. The van der Waals surface area contributed by atoms with Crippen LogP contribution in [0.15, 0.2) is 23.0 Å². The Morgan fingerprint density at radius 1 is 1.28 bits per heavy atom. The van der Waals surface area contributed by atoms with Crippen LogP contribution in [0.5, 0.6) is 0 Å². The predicted molar refractivity (Wildman–Crippen MR) is 64.3 cm³/mol. The molecule has 0 fully saturated rings. The summed E-state index contributed by atoms with van der Waals surface area (Å²) in [5.41, 5.74) is 1.24. The van der Waals surface area contributed by atoms with E-state index in [0.29, 0.717) is 16.7 Å². The smallest absolute Gasteiger partial charge is 0.323 e. The molecular formula is C11H11N3O4. The summed E-state index contributed by atoms with van der Waals surface area (Å²) in [4.78, 5) is 38.3. The van der Waals surface area contributed by atoms with Crippen LogP contribution in [0.25, 0.3) is 11.0 Å². The Kier molecular flexibility index (Phi) is 2.88. The molecule has 2 aromatic rings. The van der Waals surface area contributed by atoms with Crippen molar-refractivity contribution in [2.24, 2.45) is 5.92 Å². The molecule has 1 aromatic heterocycles. The quantitative estimate of drug-likeness (QED) is 0.593. The van der Waals surface area contributed by atoms with Gasteiger partial charge in [0, 0.05) is 5.69 Å². The molecule has 0 aliphatic heterocycles. The lowest BCUT2D eigenvalue weighted by atomic mass is 10.1. The van der Waals surface area contributed by atoms with Gasteiger partial charge in [-0.15, -0.1) is 0 Å². The number of carboxylic acids is 1. The lowest BCUT2D eigenvalue weighted by molar-refractivity contribution is -0.144. The molecule has 94 valence electrons. The van der Waals surface area contributed by atoms with Crippen molar-refractivity contribution in [1.82, 2.24) is 9.97 Å². The predicted octanol–water partition coefficient (Wildman–Crippen LogP) is 0.515. The molecular weight excluding hydrogens is 238 g/mol. The Morgan fingerprint density at radius 2 is 1.94 bits per heavy atom. The van der Waals surface area contributed by atoms with Gasteiger partial charge >= 0.3 is 11.7 Å². The number of carboxylic acid groups (broad SMARTS) is 1. The standard InChI is InChI=1S/C11H11N3O4/c1-5(10(16)17)9(15)12-6-2-3-7-8(4-6)14-11(18)13-7/h2-5H,1H3,(H,12,15)(H,16,17)(H2,13,14,18). The zero-order chi connectivity index (χ0) is 13.3. The molecule has 18 heavy (non-hydrogen) atoms. The van der Waals surface area contributed by atoms with Gasteiger partial charge in [-0.05, 0) is 25.1 Å². The van der Waals surface area contributed by atoms with Crippen LogP contribution in [0.3, 0.4) is 0 Å². The van der Waals surface area contributed by atoms with E-state index in [1.807, 2.05) is 0 Å². The molecule has 0 aliphatic rings. The number of aliphatic carboxylic acids is 1. The molecule has 0 bridgehead atoms. The van der Waals surface area contributed by atoms with E-state index in [1.165, 1.54) is 6.92 Å². The highest BCUT2D eigenvalue weighted by Gasteiger charge is 2.20. The summed E-state index contributed by atoms with van der Waals surface area (Å²) >= 11 is 0. The zero-order valence-electron chi connectivity index (χ0n) is 9.48. The Labute approximate surface area is 101 Å². The molecule has 1 aromatic carbocycles. The van der Waals surface area contributed by atoms with Crippen molar-refractivity contribution >= 4 is 28.6 Å². The number of hydrogen-bond acceptors (Lipinski definition) is 3. The number of H-pyrrole nitrogens is 2. The Balaban J connectivity index is 2.24. The number of hydrogen-bond donors (Lipinski definition) is 4. The molecule has 1 unspecified atom stereocenters. The van der Waals surface area contributed by atoms with Crippen LogP contribution >= 0.6 is 0 Å². The van der Waals surface area contributed by atoms with Crippen molar-refractivity contribution in [3.05, 3.63) is 28.7 Å². The van der Waals surface area contributed by atoms with Gasteiger partial charge in [0.05, 0.1) is 11.0 Å². The number of carbonyl (C=O) groups is 2. The fourth-order valence-electron chi connectivity index (χ4n) is 1.47. The van der Waals surface area contributed by atoms with E-state index in [-0.39, 0.29) is 5.69 Å². The van der Waals surface area contributed by atoms with Gasteiger partial charge in [-0.3, -0.25) is 9.59 Å². The number of aromatic nitrogens is 2. The summed E-state index contributed by atoms with van der Waals surface area (Å²) in [5.74, 6) is -2.94. The highest BCUT2D eigenvalue weighted by Crippen LogP contribution is 2.15. The van der Waals surface area contributed by atoms with Crippen molar-refractivity contribution in [3.8, 4) is 0 Å². The molecule has 0 radical (unpaired) electrons. The second kappa shape index (κ2) is 4.36. The second-order valence-electron chi connectivity index (χ2n) is 3.89. The highest BCUT2D eigenvalue weighted by molar-refractivity contribution is 6.04. The Morgan fingerprint density at radius 3 is 2.61 bits per heavy atom. The molecule has 2 rings (SSSR count). The maximum Gasteiger partial charge on any atom is 0.323 e. The molecule has 1 atom stereocenters. The number of anilines is 1. The molecule has 1 amide bonds. The fraction of sp³-hybridized carbons (Fsp3) is 0.182. The summed E-state index contributed by atoms with van der Waals surface area (Å²) in [6.07, 6.45) is 0. The van der Waals surface area contributed by atoms with Crippen LogP contribution < -0.4 is 11.0 Å². The molecule has 0 saturated carbocycles. The molecule has 4 N–H and O–H groups in total. The van der Waals surface area contributed by atoms with Crippen molar-refractivity contribution in [3.63, 3.8) is 0 Å². The van der Waals surface area contributed by atoms with E-state index < -0.39 is 17.8 Å². The summed E-state index contributed by atoms with van der Waals surface area (Å²) in [6, 6.07) is 4.76. The lowest BCUT2D eigenvalue weighted by Gasteiger charge is -2.08. The third kappa shape index (κ3) is 2.24. The van der Waals surface area contributed by atoms with Gasteiger partial charge in [-0.1, -0.05) is 0 Å². The van der Waals surface area contributed by atoms with E-state index >= 15 is 0 Å². The van der Waals surface area contributed by atoms with E-state index in [0.717, 1.165) is 0 Å². The molecule has 1 heterocycles. The van der Waals surface area contributed by atoms with E-state index in [9.17, 15) is 14.4 Å². The molecule has 7 nitrogen and oxygen atoms in total. The maximum atomic E-state index is 11.5. The van der Waals surface area contributed by atoms with Gasteiger partial charge in [0.25, 0.3) is 0 Å². The first kappa shape index (κ1) is 11.9. The minimum Gasteiger partial charge on any atom is -0.481 e. The summed E-state index contributed by atoms with van der Waals surface area (Å²) in [5, 5.41) is 11.2. The minimum atomic E-state index is -1.19. The summed E-state index contributed by atoms with van der Waals surface area (Å²) in [7, 11) is 0. The molecule has 7 heteroatoms. The van der Waals surface area contributed by atoms with Crippen LogP contribution in [-0.4, -0.2) is 27.0 Å². The van der Waals surface area contributed by atoms with Crippen molar-refractivity contribution < 1.29 is 14.7 Å². The number of rotatable bonds is 3. The number of aromatic amines is 2. The zero-order valence-corrected chi connectivity index (χ0v) is 9.48. The third-order valence-electron chi connectivity index (χ3n) is 2.55. The van der Waals surface area contributed by atoms with Crippen LogP contribution in [0.1, 0.15) is 6.92 Å². The first-order valence-corrected chi connectivity index (χ1v) is 5.23.